The SMILES string of the molecule is c1ccc(C2C3=C(CCCC3)OC3=C2CCCC3)cc1. The van der Waals surface area contributed by atoms with E-state index in [1.165, 1.54) is 55.6 Å². The van der Waals surface area contributed by atoms with Gasteiger partial charge in [-0.25, -0.2) is 0 Å². The van der Waals surface area contributed by atoms with Gasteiger partial charge >= 0.3 is 0 Å². The highest BCUT2D eigenvalue weighted by molar-refractivity contribution is 5.44. The summed E-state index contributed by atoms with van der Waals surface area (Å²) in [4.78, 5) is 0. The topological polar surface area (TPSA) is 9.23 Å². The van der Waals surface area contributed by atoms with Crippen LogP contribution >= 0.6 is 0 Å². The molecule has 2 aliphatic carbocycles. The Balaban J connectivity index is 1.82. The summed E-state index contributed by atoms with van der Waals surface area (Å²) in [7, 11) is 0. The lowest BCUT2D eigenvalue weighted by atomic mass is 9.74. The van der Waals surface area contributed by atoms with Crippen LogP contribution in [0.25, 0.3) is 0 Å². The third-order valence-corrected chi connectivity index (χ3v) is 4.99. The van der Waals surface area contributed by atoms with Crippen LogP contribution in [-0.2, 0) is 4.74 Å². The Bertz CT molecular complexity index is 533. The van der Waals surface area contributed by atoms with Gasteiger partial charge in [0.05, 0.1) is 0 Å². The third kappa shape index (κ3) is 2.00. The maximum absolute atomic E-state index is 6.31. The van der Waals surface area contributed by atoms with Crippen LogP contribution in [0.15, 0.2) is 53.0 Å². The van der Waals surface area contributed by atoms with Crippen molar-refractivity contribution in [3.05, 3.63) is 58.6 Å². The molecule has 1 heteroatoms. The molecule has 1 heterocycles. The van der Waals surface area contributed by atoms with Gasteiger partial charge < -0.3 is 4.74 Å². The first kappa shape index (κ1) is 12.3. The molecule has 0 atom stereocenters. The van der Waals surface area contributed by atoms with Crippen LogP contribution in [0, 0.1) is 0 Å². The second-order valence-electron chi connectivity index (χ2n) is 6.26. The number of allylic oxidation sites excluding steroid dienone is 4. The summed E-state index contributed by atoms with van der Waals surface area (Å²) < 4.78 is 6.31. The predicted molar refractivity (Wildman–Crippen MR) is 81.3 cm³/mol. The number of hydrogen-bond donors (Lipinski definition) is 0. The van der Waals surface area contributed by atoms with Gasteiger partial charge in [0.25, 0.3) is 0 Å². The summed E-state index contributed by atoms with van der Waals surface area (Å²) in [6.07, 6.45) is 10.00. The highest BCUT2D eigenvalue weighted by atomic mass is 16.5. The van der Waals surface area contributed by atoms with Gasteiger partial charge in [-0.1, -0.05) is 30.3 Å². The summed E-state index contributed by atoms with van der Waals surface area (Å²) in [6.45, 7) is 0. The maximum Gasteiger partial charge on any atom is 0.104 e. The van der Waals surface area contributed by atoms with E-state index in [0.29, 0.717) is 5.92 Å². The monoisotopic (exact) mass is 266 g/mol. The van der Waals surface area contributed by atoms with Gasteiger partial charge in [0.15, 0.2) is 0 Å². The standard InChI is InChI=1S/C19H22O/c1-2-8-14(9-3-1)19-15-10-4-6-12-17(15)20-18-13-7-5-11-16(18)19/h1-3,8-9,19H,4-7,10-13H2. The molecule has 0 N–H and O–H groups in total. The number of benzene rings is 1. The zero-order valence-electron chi connectivity index (χ0n) is 12.0. The van der Waals surface area contributed by atoms with Crippen LogP contribution < -0.4 is 0 Å². The fraction of sp³-hybridized carbons (Fsp3) is 0.474. The third-order valence-electron chi connectivity index (χ3n) is 4.99. The van der Waals surface area contributed by atoms with Crippen LogP contribution in [0.3, 0.4) is 0 Å². The molecule has 0 radical (unpaired) electrons. The van der Waals surface area contributed by atoms with Crippen molar-refractivity contribution in [1.82, 2.24) is 0 Å². The summed E-state index contributed by atoms with van der Waals surface area (Å²) in [5, 5.41) is 0. The van der Waals surface area contributed by atoms with E-state index in [1.807, 2.05) is 0 Å². The van der Waals surface area contributed by atoms with E-state index in [1.54, 1.807) is 11.1 Å². The minimum absolute atomic E-state index is 0.524. The van der Waals surface area contributed by atoms with Gasteiger partial charge in [-0.05, 0) is 55.2 Å². The quantitative estimate of drug-likeness (QED) is 0.656. The maximum atomic E-state index is 6.31. The van der Waals surface area contributed by atoms with Crippen LogP contribution in [0.1, 0.15) is 62.8 Å². The summed E-state index contributed by atoms with van der Waals surface area (Å²) in [5.41, 5.74) is 4.64. The van der Waals surface area contributed by atoms with E-state index in [2.05, 4.69) is 30.3 Å². The lowest BCUT2D eigenvalue weighted by Crippen LogP contribution is -2.21. The molecule has 0 saturated carbocycles. The van der Waals surface area contributed by atoms with Gasteiger partial charge in [-0.15, -0.1) is 0 Å². The van der Waals surface area contributed by atoms with Crippen LogP contribution in [-0.4, -0.2) is 0 Å². The molecule has 20 heavy (non-hydrogen) atoms. The molecular formula is C19H22O. The molecule has 1 aromatic rings. The zero-order chi connectivity index (χ0) is 13.4. The van der Waals surface area contributed by atoms with Crippen molar-refractivity contribution in [3.63, 3.8) is 0 Å². The molecule has 0 fully saturated rings. The molecule has 1 aromatic carbocycles. The Kier molecular flexibility index (Phi) is 3.14. The van der Waals surface area contributed by atoms with E-state index in [4.69, 9.17) is 4.74 Å². The van der Waals surface area contributed by atoms with Crippen molar-refractivity contribution in [2.75, 3.05) is 0 Å². The summed E-state index contributed by atoms with van der Waals surface area (Å²) in [6, 6.07) is 11.1. The molecular weight excluding hydrogens is 244 g/mol. The van der Waals surface area contributed by atoms with Crippen molar-refractivity contribution in [3.8, 4) is 0 Å². The van der Waals surface area contributed by atoms with Crippen LogP contribution in [0.4, 0.5) is 0 Å². The van der Waals surface area contributed by atoms with Crippen molar-refractivity contribution in [2.45, 2.75) is 57.3 Å². The molecule has 104 valence electrons. The smallest absolute Gasteiger partial charge is 0.104 e. The van der Waals surface area contributed by atoms with Crippen LogP contribution in [0.2, 0.25) is 0 Å². The first-order valence-corrected chi connectivity index (χ1v) is 8.10. The van der Waals surface area contributed by atoms with Gasteiger partial charge in [-0.2, -0.15) is 0 Å². The Morgan fingerprint density at radius 2 is 1.25 bits per heavy atom. The van der Waals surface area contributed by atoms with E-state index < -0.39 is 0 Å². The first-order valence-electron chi connectivity index (χ1n) is 8.10. The fourth-order valence-electron chi connectivity index (χ4n) is 4.05. The fourth-order valence-corrected chi connectivity index (χ4v) is 4.05. The lowest BCUT2D eigenvalue weighted by molar-refractivity contribution is 0.228. The molecule has 0 unspecified atom stereocenters. The van der Waals surface area contributed by atoms with E-state index in [-0.39, 0.29) is 0 Å². The Morgan fingerprint density at radius 3 is 1.85 bits per heavy atom. The second-order valence-corrected chi connectivity index (χ2v) is 6.26. The van der Waals surface area contributed by atoms with Crippen molar-refractivity contribution >= 4 is 0 Å². The Morgan fingerprint density at radius 1 is 0.700 bits per heavy atom. The average Bonchev–Trinajstić information content (AvgIpc) is 2.53. The minimum Gasteiger partial charge on any atom is -0.466 e. The lowest BCUT2D eigenvalue weighted by Gasteiger charge is -2.37. The molecule has 1 nitrogen and oxygen atoms in total. The molecule has 0 spiro atoms. The summed E-state index contributed by atoms with van der Waals surface area (Å²) in [5.74, 6) is 3.15. The van der Waals surface area contributed by atoms with Gasteiger partial charge in [-0.3, -0.25) is 0 Å². The average molecular weight is 266 g/mol. The van der Waals surface area contributed by atoms with Crippen molar-refractivity contribution < 1.29 is 4.74 Å². The highest BCUT2D eigenvalue weighted by Gasteiger charge is 2.34. The van der Waals surface area contributed by atoms with E-state index in [0.717, 1.165) is 12.8 Å². The normalized spacial score (nSPS) is 23.2. The molecule has 0 aromatic heterocycles. The van der Waals surface area contributed by atoms with E-state index in [9.17, 15) is 0 Å². The predicted octanol–water partition coefficient (Wildman–Crippen LogP) is 5.46. The number of hydrogen-bond acceptors (Lipinski definition) is 1. The molecule has 4 rings (SSSR count). The second kappa shape index (κ2) is 5.12. The summed E-state index contributed by atoms with van der Waals surface area (Å²) >= 11 is 0. The minimum atomic E-state index is 0.524. The van der Waals surface area contributed by atoms with Gasteiger partial charge in [0.2, 0.25) is 0 Å². The van der Waals surface area contributed by atoms with Crippen molar-refractivity contribution in [2.24, 2.45) is 0 Å². The van der Waals surface area contributed by atoms with E-state index >= 15 is 0 Å². The van der Waals surface area contributed by atoms with Crippen molar-refractivity contribution in [1.29, 1.82) is 0 Å². The first-order chi connectivity index (χ1) is 9.93. The Hall–Kier alpha value is -1.50. The molecule has 3 aliphatic rings. The molecule has 0 amide bonds. The van der Waals surface area contributed by atoms with Gasteiger partial charge in [0.1, 0.15) is 11.5 Å². The molecule has 0 saturated heterocycles. The van der Waals surface area contributed by atoms with Crippen LogP contribution in [0.5, 0.6) is 0 Å². The molecule has 1 aliphatic heterocycles. The Labute approximate surface area is 121 Å². The highest BCUT2D eigenvalue weighted by Crippen LogP contribution is 2.49. The number of rotatable bonds is 1. The van der Waals surface area contributed by atoms with Gasteiger partial charge in [0, 0.05) is 18.8 Å². The zero-order valence-corrected chi connectivity index (χ0v) is 12.0. The number of ether oxygens (including phenoxy) is 1. The largest absolute Gasteiger partial charge is 0.466 e. The molecule has 0 bridgehead atoms.